The molecule has 3 nitrogen and oxygen atoms in total. The zero-order chi connectivity index (χ0) is 15.1. The van der Waals surface area contributed by atoms with Crippen molar-refractivity contribution in [2.24, 2.45) is 5.92 Å². The van der Waals surface area contributed by atoms with Crippen molar-refractivity contribution in [2.75, 3.05) is 26.2 Å². The maximum absolute atomic E-state index is 8.94. The standard InChI is InChI=1S/C18H27N3/c1-15-7-11-21(12-8-15)10-4-9-20-16(2)18-6-3-5-17(13-18)14-19/h3,5-6,13,15-16,20H,4,7-12H2,1-2H3. The number of nitrogens with zero attached hydrogens (tertiary/aromatic N) is 2. The Morgan fingerprint density at radius 1 is 1.38 bits per heavy atom. The lowest BCUT2D eigenvalue weighted by atomic mass is 9.99. The molecular formula is C18H27N3. The molecule has 1 aliphatic rings. The molecule has 0 saturated carbocycles. The molecule has 1 aromatic rings. The van der Waals surface area contributed by atoms with E-state index in [9.17, 15) is 0 Å². The van der Waals surface area contributed by atoms with Gasteiger partial charge in [0.1, 0.15) is 0 Å². The van der Waals surface area contributed by atoms with Gasteiger partial charge in [0.15, 0.2) is 0 Å². The Morgan fingerprint density at radius 3 is 2.86 bits per heavy atom. The van der Waals surface area contributed by atoms with Crippen LogP contribution in [0.4, 0.5) is 0 Å². The minimum Gasteiger partial charge on any atom is -0.310 e. The van der Waals surface area contributed by atoms with Gasteiger partial charge in [0, 0.05) is 6.04 Å². The van der Waals surface area contributed by atoms with Gasteiger partial charge in [-0.15, -0.1) is 0 Å². The van der Waals surface area contributed by atoms with Gasteiger partial charge in [-0.1, -0.05) is 19.1 Å². The third-order valence-corrected chi connectivity index (χ3v) is 4.49. The van der Waals surface area contributed by atoms with Gasteiger partial charge in [-0.3, -0.25) is 0 Å². The zero-order valence-electron chi connectivity index (χ0n) is 13.3. The average Bonchev–Trinajstić information content (AvgIpc) is 2.53. The molecule has 0 radical (unpaired) electrons. The molecule has 1 heterocycles. The van der Waals surface area contributed by atoms with Gasteiger partial charge in [0.05, 0.1) is 11.6 Å². The fraction of sp³-hybridized carbons (Fsp3) is 0.611. The molecule has 1 saturated heterocycles. The summed E-state index contributed by atoms with van der Waals surface area (Å²) in [4.78, 5) is 2.59. The van der Waals surface area contributed by atoms with Gasteiger partial charge >= 0.3 is 0 Å². The van der Waals surface area contributed by atoms with E-state index in [-0.39, 0.29) is 0 Å². The molecule has 1 aliphatic heterocycles. The minimum atomic E-state index is 0.305. The Kier molecular flexibility index (Phi) is 6.22. The first-order chi connectivity index (χ1) is 10.2. The summed E-state index contributed by atoms with van der Waals surface area (Å²) in [5.74, 6) is 0.909. The maximum atomic E-state index is 8.94. The molecule has 0 aliphatic carbocycles. The van der Waals surface area contributed by atoms with Crippen LogP contribution in [0.25, 0.3) is 0 Å². The topological polar surface area (TPSA) is 39.1 Å². The van der Waals surface area contributed by atoms with E-state index < -0.39 is 0 Å². The highest BCUT2D eigenvalue weighted by atomic mass is 15.1. The molecule has 3 heteroatoms. The molecule has 1 N–H and O–H groups in total. The van der Waals surface area contributed by atoms with E-state index in [2.05, 4.69) is 36.2 Å². The number of hydrogen-bond donors (Lipinski definition) is 1. The van der Waals surface area contributed by atoms with Crippen molar-refractivity contribution in [1.82, 2.24) is 10.2 Å². The van der Waals surface area contributed by atoms with E-state index in [1.807, 2.05) is 18.2 Å². The van der Waals surface area contributed by atoms with Crippen LogP contribution in [0.5, 0.6) is 0 Å². The predicted octanol–water partition coefficient (Wildman–Crippen LogP) is 3.33. The number of hydrogen-bond acceptors (Lipinski definition) is 3. The lowest BCUT2D eigenvalue weighted by Crippen LogP contribution is -2.35. The summed E-state index contributed by atoms with van der Waals surface area (Å²) < 4.78 is 0. The van der Waals surface area contributed by atoms with Crippen LogP contribution >= 0.6 is 0 Å². The normalized spacial score (nSPS) is 18.3. The van der Waals surface area contributed by atoms with Gasteiger partial charge < -0.3 is 10.2 Å². The highest BCUT2D eigenvalue weighted by molar-refractivity contribution is 5.33. The third-order valence-electron chi connectivity index (χ3n) is 4.49. The molecule has 21 heavy (non-hydrogen) atoms. The SMILES string of the molecule is CC1CCN(CCCNC(C)c2cccc(C#N)c2)CC1. The molecule has 1 atom stereocenters. The highest BCUT2D eigenvalue weighted by Crippen LogP contribution is 2.16. The van der Waals surface area contributed by atoms with Crippen LogP contribution in [0, 0.1) is 17.2 Å². The fourth-order valence-electron chi connectivity index (χ4n) is 2.90. The van der Waals surface area contributed by atoms with E-state index in [4.69, 9.17) is 5.26 Å². The number of piperidine rings is 1. The smallest absolute Gasteiger partial charge is 0.0991 e. The second-order valence-electron chi connectivity index (χ2n) is 6.29. The number of rotatable bonds is 6. The first kappa shape index (κ1) is 16.0. The number of nitriles is 1. The Labute approximate surface area is 129 Å². The van der Waals surface area contributed by atoms with Crippen molar-refractivity contribution >= 4 is 0 Å². The number of nitrogens with one attached hydrogen (secondary N) is 1. The van der Waals surface area contributed by atoms with Gasteiger partial charge in [0.2, 0.25) is 0 Å². The quantitative estimate of drug-likeness (QED) is 0.815. The summed E-state index contributed by atoms with van der Waals surface area (Å²) >= 11 is 0. The summed E-state index contributed by atoms with van der Waals surface area (Å²) in [5, 5.41) is 12.5. The monoisotopic (exact) mass is 285 g/mol. The molecule has 0 amide bonds. The molecule has 0 bridgehead atoms. The lowest BCUT2D eigenvalue weighted by Gasteiger charge is -2.30. The highest BCUT2D eigenvalue weighted by Gasteiger charge is 2.14. The second kappa shape index (κ2) is 8.17. The van der Waals surface area contributed by atoms with Crippen LogP contribution in [-0.2, 0) is 0 Å². The van der Waals surface area contributed by atoms with E-state index in [0.717, 1.165) is 18.0 Å². The third kappa shape index (κ3) is 5.15. The molecule has 1 fully saturated rings. The van der Waals surface area contributed by atoms with Crippen LogP contribution < -0.4 is 5.32 Å². The molecular weight excluding hydrogens is 258 g/mol. The van der Waals surface area contributed by atoms with E-state index in [1.165, 1.54) is 44.5 Å². The van der Waals surface area contributed by atoms with Crippen LogP contribution in [0.15, 0.2) is 24.3 Å². The molecule has 0 aromatic heterocycles. The van der Waals surface area contributed by atoms with Crippen molar-refractivity contribution in [1.29, 1.82) is 5.26 Å². The Morgan fingerprint density at radius 2 is 2.14 bits per heavy atom. The Hall–Kier alpha value is -1.37. The zero-order valence-corrected chi connectivity index (χ0v) is 13.3. The first-order valence-electron chi connectivity index (χ1n) is 8.15. The average molecular weight is 285 g/mol. The summed E-state index contributed by atoms with van der Waals surface area (Å²) in [6, 6.07) is 10.4. The molecule has 1 aromatic carbocycles. The van der Waals surface area contributed by atoms with Gasteiger partial charge in [-0.25, -0.2) is 0 Å². The van der Waals surface area contributed by atoms with E-state index >= 15 is 0 Å². The summed E-state index contributed by atoms with van der Waals surface area (Å²) in [5.41, 5.74) is 1.93. The molecule has 2 rings (SSSR count). The largest absolute Gasteiger partial charge is 0.310 e. The summed E-state index contributed by atoms with van der Waals surface area (Å²) in [6.45, 7) is 9.28. The van der Waals surface area contributed by atoms with Crippen molar-refractivity contribution in [2.45, 2.75) is 39.2 Å². The Balaban J connectivity index is 1.67. The van der Waals surface area contributed by atoms with Gasteiger partial charge in [0.25, 0.3) is 0 Å². The Bertz CT molecular complexity index is 470. The minimum absolute atomic E-state index is 0.305. The van der Waals surface area contributed by atoms with Crippen molar-refractivity contribution in [3.05, 3.63) is 35.4 Å². The van der Waals surface area contributed by atoms with Crippen LogP contribution in [0.3, 0.4) is 0 Å². The van der Waals surface area contributed by atoms with E-state index in [1.54, 1.807) is 0 Å². The van der Waals surface area contributed by atoms with Crippen molar-refractivity contribution in [3.8, 4) is 6.07 Å². The van der Waals surface area contributed by atoms with Crippen LogP contribution in [-0.4, -0.2) is 31.1 Å². The molecule has 1 unspecified atom stereocenters. The predicted molar refractivity (Wildman–Crippen MR) is 87.0 cm³/mol. The molecule has 114 valence electrons. The lowest BCUT2D eigenvalue weighted by molar-refractivity contribution is 0.190. The maximum Gasteiger partial charge on any atom is 0.0991 e. The second-order valence-corrected chi connectivity index (χ2v) is 6.29. The number of likely N-dealkylation sites (tertiary alicyclic amines) is 1. The molecule has 0 spiro atoms. The van der Waals surface area contributed by atoms with Gasteiger partial charge in [-0.2, -0.15) is 5.26 Å². The van der Waals surface area contributed by atoms with Crippen LogP contribution in [0.1, 0.15) is 50.3 Å². The fourth-order valence-corrected chi connectivity index (χ4v) is 2.90. The van der Waals surface area contributed by atoms with Crippen LogP contribution in [0.2, 0.25) is 0 Å². The number of benzene rings is 1. The van der Waals surface area contributed by atoms with Crippen molar-refractivity contribution in [3.63, 3.8) is 0 Å². The van der Waals surface area contributed by atoms with Crippen molar-refractivity contribution < 1.29 is 0 Å². The van der Waals surface area contributed by atoms with E-state index in [0.29, 0.717) is 6.04 Å². The summed E-state index contributed by atoms with van der Waals surface area (Å²) in [7, 11) is 0. The first-order valence-corrected chi connectivity index (χ1v) is 8.15. The van der Waals surface area contributed by atoms with Gasteiger partial charge in [-0.05, 0) is 76.0 Å². The summed E-state index contributed by atoms with van der Waals surface area (Å²) in [6.07, 6.45) is 3.90.